The molecule has 1 atom stereocenters. The van der Waals surface area contributed by atoms with Crippen molar-refractivity contribution < 1.29 is 4.79 Å². The summed E-state index contributed by atoms with van der Waals surface area (Å²) in [4.78, 5) is 14.7. The van der Waals surface area contributed by atoms with Crippen LogP contribution in [0.4, 0.5) is 0 Å². The molecule has 0 saturated carbocycles. The molecule has 1 aromatic heterocycles. The second kappa shape index (κ2) is 5.85. The highest BCUT2D eigenvalue weighted by atomic mass is 79.9. The standard InChI is InChI=1S/C16H16BrClN2O/c1-19-8-2-4-14(19)15-5-3-9-20(15)16(21)12-7-6-11(17)10-13(12)18/h2,4,6-8,10,15H,3,5,9H2,1H3. The van der Waals surface area contributed by atoms with E-state index in [1.165, 1.54) is 5.69 Å². The van der Waals surface area contributed by atoms with Gasteiger partial charge in [-0.15, -0.1) is 0 Å². The molecule has 1 saturated heterocycles. The summed E-state index contributed by atoms with van der Waals surface area (Å²) in [6.45, 7) is 0.779. The molecule has 21 heavy (non-hydrogen) atoms. The molecule has 1 amide bonds. The molecule has 1 aliphatic heterocycles. The number of halogens is 2. The first-order valence-electron chi connectivity index (χ1n) is 6.95. The Morgan fingerprint density at radius 3 is 2.86 bits per heavy atom. The molecule has 0 spiro atoms. The predicted octanol–water partition coefficient (Wildman–Crippen LogP) is 4.42. The summed E-state index contributed by atoms with van der Waals surface area (Å²) < 4.78 is 2.96. The molecular weight excluding hydrogens is 352 g/mol. The molecule has 1 fully saturated rings. The molecule has 2 heterocycles. The van der Waals surface area contributed by atoms with E-state index in [2.05, 4.69) is 26.6 Å². The summed E-state index contributed by atoms with van der Waals surface area (Å²) in [6.07, 6.45) is 4.04. The number of hydrogen-bond acceptors (Lipinski definition) is 1. The fourth-order valence-electron chi connectivity index (χ4n) is 2.96. The van der Waals surface area contributed by atoms with Crippen LogP contribution in [0.2, 0.25) is 5.02 Å². The first kappa shape index (κ1) is 14.7. The fraction of sp³-hybridized carbons (Fsp3) is 0.312. The third-order valence-electron chi connectivity index (χ3n) is 4.00. The topological polar surface area (TPSA) is 25.2 Å². The maximum atomic E-state index is 12.8. The van der Waals surface area contributed by atoms with Gasteiger partial charge >= 0.3 is 0 Å². The predicted molar refractivity (Wildman–Crippen MR) is 87.6 cm³/mol. The van der Waals surface area contributed by atoms with Gasteiger partial charge in [-0.25, -0.2) is 0 Å². The van der Waals surface area contributed by atoms with Crippen LogP contribution in [0.15, 0.2) is 41.0 Å². The van der Waals surface area contributed by atoms with E-state index in [1.807, 2.05) is 30.3 Å². The molecule has 1 aliphatic rings. The number of aromatic nitrogens is 1. The zero-order chi connectivity index (χ0) is 15.0. The molecule has 3 nitrogen and oxygen atoms in total. The number of rotatable bonds is 2. The van der Waals surface area contributed by atoms with Crippen molar-refractivity contribution in [3.8, 4) is 0 Å². The van der Waals surface area contributed by atoms with E-state index in [9.17, 15) is 4.79 Å². The van der Waals surface area contributed by atoms with Crippen LogP contribution in [0.5, 0.6) is 0 Å². The Bertz CT molecular complexity index is 683. The number of amides is 1. The van der Waals surface area contributed by atoms with Gasteiger partial charge in [0, 0.05) is 30.0 Å². The average molecular weight is 368 g/mol. The highest BCUT2D eigenvalue weighted by molar-refractivity contribution is 9.10. The Morgan fingerprint density at radius 2 is 2.19 bits per heavy atom. The van der Waals surface area contributed by atoms with E-state index in [1.54, 1.807) is 12.1 Å². The van der Waals surface area contributed by atoms with Crippen molar-refractivity contribution >= 4 is 33.4 Å². The van der Waals surface area contributed by atoms with Gasteiger partial charge in [-0.05, 0) is 43.2 Å². The zero-order valence-electron chi connectivity index (χ0n) is 11.7. The summed E-state index contributed by atoms with van der Waals surface area (Å²) in [5.74, 6) is 0.0104. The molecule has 110 valence electrons. The van der Waals surface area contributed by atoms with Gasteiger partial charge in [-0.2, -0.15) is 0 Å². The SMILES string of the molecule is Cn1cccc1C1CCCN1C(=O)c1ccc(Br)cc1Cl. The molecule has 0 bridgehead atoms. The van der Waals surface area contributed by atoms with E-state index < -0.39 is 0 Å². The van der Waals surface area contributed by atoms with Gasteiger partial charge in [0.2, 0.25) is 0 Å². The highest BCUT2D eigenvalue weighted by Gasteiger charge is 2.32. The number of carbonyl (C=O) groups is 1. The maximum absolute atomic E-state index is 12.8. The lowest BCUT2D eigenvalue weighted by Gasteiger charge is -2.26. The van der Waals surface area contributed by atoms with Crippen LogP contribution in [-0.2, 0) is 7.05 Å². The molecule has 0 N–H and O–H groups in total. The lowest BCUT2D eigenvalue weighted by atomic mass is 10.1. The van der Waals surface area contributed by atoms with Gasteiger partial charge in [0.1, 0.15) is 0 Å². The second-order valence-electron chi connectivity index (χ2n) is 5.32. The number of benzene rings is 1. The van der Waals surface area contributed by atoms with Crippen LogP contribution in [0.1, 0.15) is 34.9 Å². The van der Waals surface area contributed by atoms with Crippen molar-refractivity contribution in [1.82, 2.24) is 9.47 Å². The van der Waals surface area contributed by atoms with Gasteiger partial charge in [0.05, 0.1) is 16.6 Å². The van der Waals surface area contributed by atoms with E-state index in [0.717, 1.165) is 23.9 Å². The highest BCUT2D eigenvalue weighted by Crippen LogP contribution is 2.34. The molecule has 0 aliphatic carbocycles. The average Bonchev–Trinajstić information content (AvgIpc) is 3.06. The summed E-state index contributed by atoms with van der Waals surface area (Å²) in [7, 11) is 2.02. The third kappa shape index (κ3) is 2.74. The van der Waals surface area contributed by atoms with Crippen LogP contribution in [-0.4, -0.2) is 21.9 Å². The van der Waals surface area contributed by atoms with Gasteiger partial charge < -0.3 is 9.47 Å². The lowest BCUT2D eigenvalue weighted by molar-refractivity contribution is 0.0731. The Balaban J connectivity index is 1.92. The number of likely N-dealkylation sites (tertiary alicyclic amines) is 1. The minimum atomic E-state index is 0.0104. The largest absolute Gasteiger partial charge is 0.353 e. The number of carbonyl (C=O) groups excluding carboxylic acids is 1. The zero-order valence-corrected chi connectivity index (χ0v) is 14.1. The van der Waals surface area contributed by atoms with Crippen molar-refractivity contribution in [1.29, 1.82) is 0 Å². The van der Waals surface area contributed by atoms with E-state index in [4.69, 9.17) is 11.6 Å². The lowest BCUT2D eigenvalue weighted by Crippen LogP contribution is -2.31. The van der Waals surface area contributed by atoms with E-state index in [-0.39, 0.29) is 11.9 Å². The van der Waals surface area contributed by atoms with Crippen LogP contribution < -0.4 is 0 Å². The van der Waals surface area contributed by atoms with Gasteiger partial charge in [-0.1, -0.05) is 27.5 Å². The summed E-state index contributed by atoms with van der Waals surface area (Å²) in [5.41, 5.74) is 1.75. The molecule has 1 unspecified atom stereocenters. The fourth-order valence-corrected chi connectivity index (χ4v) is 3.71. The van der Waals surface area contributed by atoms with Crippen molar-refractivity contribution in [2.45, 2.75) is 18.9 Å². The molecule has 2 aromatic rings. The normalized spacial score (nSPS) is 18.2. The van der Waals surface area contributed by atoms with Crippen LogP contribution in [0, 0.1) is 0 Å². The van der Waals surface area contributed by atoms with Crippen LogP contribution >= 0.6 is 27.5 Å². The second-order valence-corrected chi connectivity index (χ2v) is 6.65. The Labute approximate surface area is 137 Å². The van der Waals surface area contributed by atoms with E-state index >= 15 is 0 Å². The molecule has 1 aromatic carbocycles. The smallest absolute Gasteiger partial charge is 0.255 e. The van der Waals surface area contributed by atoms with Crippen molar-refractivity contribution in [2.75, 3.05) is 6.54 Å². The third-order valence-corrected chi connectivity index (χ3v) is 4.81. The van der Waals surface area contributed by atoms with Crippen molar-refractivity contribution in [3.63, 3.8) is 0 Å². The quantitative estimate of drug-likeness (QED) is 0.771. The minimum Gasteiger partial charge on any atom is -0.353 e. The number of aryl methyl sites for hydroxylation is 1. The van der Waals surface area contributed by atoms with Crippen LogP contribution in [0.3, 0.4) is 0 Å². The van der Waals surface area contributed by atoms with Crippen molar-refractivity contribution in [2.24, 2.45) is 7.05 Å². The minimum absolute atomic E-state index is 0.0104. The first-order chi connectivity index (χ1) is 10.1. The summed E-state index contributed by atoms with van der Waals surface area (Å²) >= 11 is 9.59. The molecular formula is C16H16BrClN2O. The number of nitrogens with zero attached hydrogens (tertiary/aromatic N) is 2. The van der Waals surface area contributed by atoms with Crippen LogP contribution in [0.25, 0.3) is 0 Å². The van der Waals surface area contributed by atoms with Gasteiger partial charge in [0.15, 0.2) is 0 Å². The summed E-state index contributed by atoms with van der Waals surface area (Å²) in [6, 6.07) is 9.64. The molecule has 3 rings (SSSR count). The molecule has 0 radical (unpaired) electrons. The first-order valence-corrected chi connectivity index (χ1v) is 8.12. The maximum Gasteiger partial charge on any atom is 0.255 e. The Kier molecular flexibility index (Phi) is 4.09. The number of hydrogen-bond donors (Lipinski definition) is 0. The summed E-state index contributed by atoms with van der Waals surface area (Å²) in [5, 5.41) is 0.493. The van der Waals surface area contributed by atoms with Crippen molar-refractivity contribution in [3.05, 3.63) is 57.3 Å². The van der Waals surface area contributed by atoms with Gasteiger partial charge in [-0.3, -0.25) is 4.79 Å². The Morgan fingerprint density at radius 1 is 1.38 bits per heavy atom. The van der Waals surface area contributed by atoms with Gasteiger partial charge in [0.25, 0.3) is 5.91 Å². The monoisotopic (exact) mass is 366 g/mol. The van der Waals surface area contributed by atoms with E-state index in [0.29, 0.717) is 10.6 Å². The Hall–Kier alpha value is -1.26. The molecule has 5 heteroatoms.